The van der Waals surface area contributed by atoms with Gasteiger partial charge in [-0.05, 0) is 24.3 Å². The molecule has 0 saturated heterocycles. The number of urea groups is 1. The molecular weight excluding hydrogens is 244 g/mol. The van der Waals surface area contributed by atoms with Crippen LogP contribution < -0.4 is 10.6 Å². The highest BCUT2D eigenvalue weighted by Crippen LogP contribution is 2.13. The first kappa shape index (κ1) is 13.5. The van der Waals surface area contributed by atoms with Gasteiger partial charge in [0.05, 0.1) is 11.5 Å². The third-order valence-electron chi connectivity index (χ3n) is 1.94. The zero-order valence-electron chi connectivity index (χ0n) is 9.30. The van der Waals surface area contributed by atoms with Gasteiger partial charge in [-0.1, -0.05) is 0 Å². The molecule has 1 aromatic carbocycles. The topological polar surface area (TPSA) is 95.5 Å². The molecule has 3 N–H and O–H groups in total. The van der Waals surface area contributed by atoms with Gasteiger partial charge in [-0.25, -0.2) is 13.2 Å². The fraction of sp³-hybridized carbons (Fsp3) is 0.300. The van der Waals surface area contributed by atoms with Crippen LogP contribution in [0.4, 0.5) is 10.5 Å². The Morgan fingerprint density at radius 3 is 2.35 bits per heavy atom. The number of hydrogen-bond donors (Lipinski definition) is 3. The van der Waals surface area contributed by atoms with Crippen LogP contribution in [0.15, 0.2) is 29.2 Å². The summed E-state index contributed by atoms with van der Waals surface area (Å²) in [6.07, 6.45) is 1.11. The van der Waals surface area contributed by atoms with Crippen LogP contribution in [0.5, 0.6) is 0 Å². The van der Waals surface area contributed by atoms with Gasteiger partial charge >= 0.3 is 6.03 Å². The second-order valence-corrected chi connectivity index (χ2v) is 5.42. The quantitative estimate of drug-likeness (QED) is 0.719. The maximum absolute atomic E-state index is 11.2. The molecule has 7 heteroatoms. The van der Waals surface area contributed by atoms with Crippen LogP contribution in [-0.4, -0.2) is 39.0 Å². The zero-order chi connectivity index (χ0) is 12.9. The van der Waals surface area contributed by atoms with E-state index in [1.165, 1.54) is 24.3 Å². The zero-order valence-corrected chi connectivity index (χ0v) is 10.1. The summed E-state index contributed by atoms with van der Waals surface area (Å²) < 4.78 is 22.4. The second-order valence-electron chi connectivity index (χ2n) is 3.40. The van der Waals surface area contributed by atoms with Gasteiger partial charge in [0.2, 0.25) is 0 Å². The number of hydrogen-bond acceptors (Lipinski definition) is 4. The number of nitrogens with one attached hydrogen (secondary N) is 2. The van der Waals surface area contributed by atoms with Crippen molar-refractivity contribution >= 4 is 21.6 Å². The molecule has 0 aliphatic heterocycles. The number of aliphatic hydroxyl groups excluding tert-OH is 1. The average Bonchev–Trinajstić information content (AvgIpc) is 2.26. The number of rotatable bonds is 4. The van der Waals surface area contributed by atoms with E-state index in [-0.39, 0.29) is 18.0 Å². The standard InChI is InChI=1S/C10H14N2O4S/c1-17(15,16)9-4-2-8(3-5-9)12-10(14)11-6-7-13/h2-5,13H,6-7H2,1H3,(H2,11,12,14). The Hall–Kier alpha value is -1.60. The smallest absolute Gasteiger partial charge is 0.319 e. The van der Waals surface area contributed by atoms with E-state index in [2.05, 4.69) is 10.6 Å². The number of carbonyl (C=O) groups excluding carboxylic acids is 1. The van der Waals surface area contributed by atoms with Crippen LogP contribution in [-0.2, 0) is 9.84 Å². The molecule has 2 amide bonds. The minimum absolute atomic E-state index is 0.138. The highest BCUT2D eigenvalue weighted by molar-refractivity contribution is 7.90. The Labute approximate surface area is 99.6 Å². The molecule has 1 aromatic rings. The van der Waals surface area contributed by atoms with Gasteiger partial charge < -0.3 is 15.7 Å². The summed E-state index contributed by atoms with van der Waals surface area (Å²) in [5, 5.41) is 13.4. The number of amides is 2. The third kappa shape index (κ3) is 4.41. The molecule has 17 heavy (non-hydrogen) atoms. The molecule has 0 saturated carbocycles. The summed E-state index contributed by atoms with van der Waals surface area (Å²) in [6.45, 7) is 0.0215. The van der Waals surface area contributed by atoms with E-state index in [4.69, 9.17) is 5.11 Å². The molecule has 0 aliphatic rings. The van der Waals surface area contributed by atoms with Gasteiger partial charge in [0, 0.05) is 18.5 Å². The van der Waals surface area contributed by atoms with Crippen LogP contribution in [0.25, 0.3) is 0 Å². The molecule has 0 atom stereocenters. The third-order valence-corrected chi connectivity index (χ3v) is 3.07. The lowest BCUT2D eigenvalue weighted by molar-refractivity contribution is 0.245. The predicted octanol–water partition coefficient (Wildman–Crippen LogP) is 0.204. The lowest BCUT2D eigenvalue weighted by Gasteiger charge is -2.06. The number of carbonyl (C=O) groups is 1. The van der Waals surface area contributed by atoms with Crippen molar-refractivity contribution in [3.63, 3.8) is 0 Å². The number of benzene rings is 1. The molecule has 0 aromatic heterocycles. The Morgan fingerprint density at radius 1 is 1.29 bits per heavy atom. The molecule has 0 unspecified atom stereocenters. The Bertz CT molecular complexity index is 482. The predicted molar refractivity (Wildman–Crippen MR) is 63.7 cm³/mol. The number of aliphatic hydroxyl groups is 1. The van der Waals surface area contributed by atoms with Crippen LogP contribution in [0, 0.1) is 0 Å². The van der Waals surface area contributed by atoms with E-state index in [0.717, 1.165) is 6.26 Å². The summed E-state index contributed by atoms with van der Waals surface area (Å²) in [5.41, 5.74) is 0.479. The summed E-state index contributed by atoms with van der Waals surface area (Å²) in [7, 11) is -3.22. The number of sulfone groups is 1. The fourth-order valence-corrected chi connectivity index (χ4v) is 1.76. The van der Waals surface area contributed by atoms with Crippen LogP contribution in [0.2, 0.25) is 0 Å². The van der Waals surface area contributed by atoms with Crippen molar-refractivity contribution in [3.05, 3.63) is 24.3 Å². The molecule has 0 radical (unpaired) electrons. The van der Waals surface area contributed by atoms with E-state index in [0.29, 0.717) is 5.69 Å². The van der Waals surface area contributed by atoms with Gasteiger partial charge in [-0.15, -0.1) is 0 Å². The normalized spacial score (nSPS) is 10.9. The van der Waals surface area contributed by atoms with E-state index in [9.17, 15) is 13.2 Å². The maximum Gasteiger partial charge on any atom is 0.319 e. The fourth-order valence-electron chi connectivity index (χ4n) is 1.13. The van der Waals surface area contributed by atoms with Crippen molar-refractivity contribution in [2.75, 3.05) is 24.7 Å². The van der Waals surface area contributed by atoms with E-state index >= 15 is 0 Å². The van der Waals surface area contributed by atoms with Crippen molar-refractivity contribution in [3.8, 4) is 0 Å². The minimum Gasteiger partial charge on any atom is -0.395 e. The monoisotopic (exact) mass is 258 g/mol. The molecule has 0 aliphatic carbocycles. The van der Waals surface area contributed by atoms with Crippen molar-refractivity contribution in [1.29, 1.82) is 0 Å². The van der Waals surface area contributed by atoms with Crippen molar-refractivity contribution < 1.29 is 18.3 Å². The Kier molecular flexibility index (Phi) is 4.47. The second kappa shape index (κ2) is 5.65. The Balaban J connectivity index is 2.66. The minimum atomic E-state index is -3.22. The summed E-state index contributed by atoms with van der Waals surface area (Å²) in [4.78, 5) is 11.4. The SMILES string of the molecule is CS(=O)(=O)c1ccc(NC(=O)NCCO)cc1. The molecule has 0 fully saturated rings. The number of anilines is 1. The van der Waals surface area contributed by atoms with Gasteiger partial charge in [-0.2, -0.15) is 0 Å². The molecule has 94 valence electrons. The van der Waals surface area contributed by atoms with Gasteiger partial charge in [0.1, 0.15) is 0 Å². The maximum atomic E-state index is 11.2. The molecule has 1 rings (SSSR count). The highest BCUT2D eigenvalue weighted by atomic mass is 32.2. The van der Waals surface area contributed by atoms with Crippen LogP contribution in [0.1, 0.15) is 0 Å². The highest BCUT2D eigenvalue weighted by Gasteiger charge is 2.06. The van der Waals surface area contributed by atoms with Crippen molar-refractivity contribution in [2.24, 2.45) is 0 Å². The van der Waals surface area contributed by atoms with Crippen molar-refractivity contribution in [2.45, 2.75) is 4.90 Å². The first-order valence-corrected chi connectivity index (χ1v) is 6.78. The first-order valence-electron chi connectivity index (χ1n) is 4.89. The molecular formula is C10H14N2O4S. The van der Waals surface area contributed by atoms with Gasteiger partial charge in [-0.3, -0.25) is 0 Å². The molecule has 0 spiro atoms. The van der Waals surface area contributed by atoms with Gasteiger partial charge in [0.25, 0.3) is 0 Å². The molecule has 0 heterocycles. The first-order chi connectivity index (χ1) is 7.93. The van der Waals surface area contributed by atoms with Crippen LogP contribution in [0.3, 0.4) is 0 Å². The lowest BCUT2D eigenvalue weighted by Crippen LogP contribution is -2.30. The van der Waals surface area contributed by atoms with Gasteiger partial charge in [0.15, 0.2) is 9.84 Å². The molecule has 6 nitrogen and oxygen atoms in total. The average molecular weight is 258 g/mol. The largest absolute Gasteiger partial charge is 0.395 e. The molecule has 0 bridgehead atoms. The summed E-state index contributed by atoms with van der Waals surface area (Å²) in [5.74, 6) is 0. The van der Waals surface area contributed by atoms with Crippen molar-refractivity contribution in [1.82, 2.24) is 5.32 Å². The van der Waals surface area contributed by atoms with E-state index in [1.54, 1.807) is 0 Å². The van der Waals surface area contributed by atoms with E-state index < -0.39 is 15.9 Å². The Morgan fingerprint density at radius 2 is 1.88 bits per heavy atom. The lowest BCUT2D eigenvalue weighted by atomic mass is 10.3. The summed E-state index contributed by atoms with van der Waals surface area (Å²) >= 11 is 0. The summed E-state index contributed by atoms with van der Waals surface area (Å²) in [6, 6.07) is 5.36. The van der Waals surface area contributed by atoms with E-state index in [1.807, 2.05) is 0 Å². The van der Waals surface area contributed by atoms with Crippen LogP contribution >= 0.6 is 0 Å².